The first kappa shape index (κ1) is 12.3. The van der Waals surface area contributed by atoms with Crippen molar-refractivity contribution >= 4 is 0 Å². The van der Waals surface area contributed by atoms with E-state index in [0.29, 0.717) is 17.8 Å². The Morgan fingerprint density at radius 3 is 2.75 bits per heavy atom. The van der Waals surface area contributed by atoms with E-state index in [1.54, 1.807) is 0 Å². The van der Waals surface area contributed by atoms with Crippen LogP contribution in [0.3, 0.4) is 0 Å². The molecule has 0 bridgehead atoms. The fraction of sp³-hybridized carbons (Fsp3) is 1.00. The van der Waals surface area contributed by atoms with Crippen molar-refractivity contribution in [3.63, 3.8) is 0 Å². The van der Waals surface area contributed by atoms with Gasteiger partial charge in [-0.2, -0.15) is 0 Å². The molecule has 94 valence electrons. The molecule has 0 radical (unpaired) electrons. The maximum Gasteiger partial charge on any atom is 0.0859 e. The number of aliphatic hydroxyl groups is 1. The molecule has 3 heteroatoms. The van der Waals surface area contributed by atoms with E-state index >= 15 is 0 Å². The number of rotatable bonds is 3. The molecule has 0 amide bonds. The van der Waals surface area contributed by atoms with Crippen molar-refractivity contribution < 1.29 is 14.6 Å². The Hall–Kier alpha value is -0.120. The van der Waals surface area contributed by atoms with Crippen LogP contribution in [0.5, 0.6) is 0 Å². The Morgan fingerprint density at radius 1 is 1.31 bits per heavy atom. The number of aliphatic hydroxyl groups excluding tert-OH is 1. The molecule has 0 spiro atoms. The van der Waals surface area contributed by atoms with Crippen LogP contribution in [0.25, 0.3) is 0 Å². The predicted octanol–water partition coefficient (Wildman–Crippen LogP) is 1.83. The first-order chi connectivity index (χ1) is 7.66. The van der Waals surface area contributed by atoms with Crippen LogP contribution in [0, 0.1) is 17.8 Å². The van der Waals surface area contributed by atoms with Gasteiger partial charge in [0.1, 0.15) is 0 Å². The zero-order valence-electron chi connectivity index (χ0n) is 10.4. The second-order valence-electron chi connectivity index (χ2n) is 5.65. The summed E-state index contributed by atoms with van der Waals surface area (Å²) in [4.78, 5) is 0. The molecule has 1 heterocycles. The topological polar surface area (TPSA) is 38.7 Å². The van der Waals surface area contributed by atoms with Crippen molar-refractivity contribution in [3.8, 4) is 0 Å². The fourth-order valence-corrected chi connectivity index (χ4v) is 3.03. The van der Waals surface area contributed by atoms with E-state index in [-0.39, 0.29) is 12.2 Å². The summed E-state index contributed by atoms with van der Waals surface area (Å²) in [6.07, 6.45) is 2.92. The van der Waals surface area contributed by atoms with Gasteiger partial charge in [-0.15, -0.1) is 0 Å². The van der Waals surface area contributed by atoms with Crippen molar-refractivity contribution in [1.82, 2.24) is 0 Å². The number of ether oxygens (including phenoxy) is 2. The first-order valence-corrected chi connectivity index (χ1v) is 6.54. The van der Waals surface area contributed by atoms with Crippen molar-refractivity contribution in [3.05, 3.63) is 0 Å². The number of hydrogen-bond acceptors (Lipinski definition) is 3. The lowest BCUT2D eigenvalue weighted by atomic mass is 9.79. The molecule has 2 aliphatic rings. The van der Waals surface area contributed by atoms with Gasteiger partial charge in [0.25, 0.3) is 0 Å². The smallest absolute Gasteiger partial charge is 0.0859 e. The Kier molecular flexibility index (Phi) is 4.22. The van der Waals surface area contributed by atoms with E-state index in [0.717, 1.165) is 32.7 Å². The highest BCUT2D eigenvalue weighted by atomic mass is 16.5. The lowest BCUT2D eigenvalue weighted by Gasteiger charge is -2.37. The van der Waals surface area contributed by atoms with Crippen LogP contribution in [-0.4, -0.2) is 37.1 Å². The van der Waals surface area contributed by atoms with Gasteiger partial charge in [-0.1, -0.05) is 13.8 Å². The summed E-state index contributed by atoms with van der Waals surface area (Å²) in [5, 5.41) is 10.0. The van der Waals surface area contributed by atoms with Crippen molar-refractivity contribution in [2.45, 2.75) is 45.3 Å². The summed E-state index contributed by atoms with van der Waals surface area (Å²) >= 11 is 0. The molecule has 0 aromatic carbocycles. The lowest BCUT2D eigenvalue weighted by Crippen LogP contribution is -2.42. The lowest BCUT2D eigenvalue weighted by molar-refractivity contribution is -0.104. The highest BCUT2D eigenvalue weighted by Gasteiger charge is 2.34. The summed E-state index contributed by atoms with van der Waals surface area (Å²) in [6, 6.07) is 0. The van der Waals surface area contributed by atoms with Crippen LogP contribution < -0.4 is 0 Å². The Bertz CT molecular complexity index is 201. The summed E-state index contributed by atoms with van der Waals surface area (Å²) < 4.78 is 11.2. The highest BCUT2D eigenvalue weighted by molar-refractivity contribution is 4.84. The average molecular weight is 228 g/mol. The molecule has 1 saturated heterocycles. The number of hydrogen-bond donors (Lipinski definition) is 1. The molecule has 5 atom stereocenters. The minimum atomic E-state index is -0.277. The Morgan fingerprint density at radius 2 is 2.12 bits per heavy atom. The van der Waals surface area contributed by atoms with Crippen LogP contribution in [0.1, 0.15) is 33.1 Å². The summed E-state index contributed by atoms with van der Waals surface area (Å²) in [5.41, 5.74) is 0. The maximum atomic E-state index is 10.0. The second kappa shape index (κ2) is 5.48. The van der Waals surface area contributed by atoms with Crippen molar-refractivity contribution in [1.29, 1.82) is 0 Å². The van der Waals surface area contributed by atoms with E-state index in [9.17, 15) is 5.11 Å². The molecule has 16 heavy (non-hydrogen) atoms. The van der Waals surface area contributed by atoms with Crippen LogP contribution >= 0.6 is 0 Å². The van der Waals surface area contributed by atoms with Gasteiger partial charge in [-0.05, 0) is 31.1 Å². The van der Waals surface area contributed by atoms with E-state index < -0.39 is 0 Å². The molecule has 2 rings (SSSR count). The van der Waals surface area contributed by atoms with E-state index in [4.69, 9.17) is 9.47 Å². The van der Waals surface area contributed by atoms with Crippen LogP contribution in [0.4, 0.5) is 0 Å². The van der Waals surface area contributed by atoms with Gasteiger partial charge in [0.2, 0.25) is 0 Å². The zero-order chi connectivity index (χ0) is 11.5. The quantitative estimate of drug-likeness (QED) is 0.801. The third-order valence-electron chi connectivity index (χ3n) is 3.91. The third kappa shape index (κ3) is 2.96. The SMILES string of the molecule is CC1CC(C)C(OCC2CCOC2)C(O)C1. The van der Waals surface area contributed by atoms with E-state index in [1.165, 1.54) is 6.42 Å². The maximum absolute atomic E-state index is 10.0. The molecule has 1 aliphatic carbocycles. The van der Waals surface area contributed by atoms with E-state index in [2.05, 4.69) is 13.8 Å². The minimum absolute atomic E-state index is 0.0387. The normalized spacial score (nSPS) is 44.8. The zero-order valence-corrected chi connectivity index (χ0v) is 10.4. The average Bonchev–Trinajstić information content (AvgIpc) is 2.68. The first-order valence-electron chi connectivity index (χ1n) is 6.54. The van der Waals surface area contributed by atoms with E-state index in [1.807, 2.05) is 0 Å². The molecule has 1 aliphatic heterocycles. The molecule has 1 N–H and O–H groups in total. The third-order valence-corrected chi connectivity index (χ3v) is 3.91. The van der Waals surface area contributed by atoms with Crippen LogP contribution in [0.15, 0.2) is 0 Å². The van der Waals surface area contributed by atoms with Gasteiger partial charge < -0.3 is 14.6 Å². The summed E-state index contributed by atoms with van der Waals surface area (Å²) in [6.45, 7) is 6.84. The molecule has 2 fully saturated rings. The molecule has 0 aromatic rings. The molecule has 3 nitrogen and oxygen atoms in total. The molecule has 0 aromatic heterocycles. The largest absolute Gasteiger partial charge is 0.390 e. The molecule has 5 unspecified atom stereocenters. The highest BCUT2D eigenvalue weighted by Crippen LogP contribution is 2.31. The van der Waals surface area contributed by atoms with Crippen LogP contribution in [-0.2, 0) is 9.47 Å². The standard InChI is InChI=1S/C13H24O3/c1-9-5-10(2)13(12(14)6-9)16-8-11-3-4-15-7-11/h9-14H,3-8H2,1-2H3. The minimum Gasteiger partial charge on any atom is -0.390 e. The van der Waals surface area contributed by atoms with Gasteiger partial charge in [0.05, 0.1) is 25.4 Å². The summed E-state index contributed by atoms with van der Waals surface area (Å²) in [5.74, 6) is 1.64. The van der Waals surface area contributed by atoms with Gasteiger partial charge in [-0.25, -0.2) is 0 Å². The van der Waals surface area contributed by atoms with Crippen molar-refractivity contribution in [2.75, 3.05) is 19.8 Å². The molecular formula is C13H24O3. The predicted molar refractivity (Wildman–Crippen MR) is 62.2 cm³/mol. The summed E-state index contributed by atoms with van der Waals surface area (Å²) in [7, 11) is 0. The van der Waals surface area contributed by atoms with Crippen molar-refractivity contribution in [2.24, 2.45) is 17.8 Å². The fourth-order valence-electron chi connectivity index (χ4n) is 3.03. The van der Waals surface area contributed by atoms with Gasteiger partial charge in [-0.3, -0.25) is 0 Å². The monoisotopic (exact) mass is 228 g/mol. The molecular weight excluding hydrogens is 204 g/mol. The van der Waals surface area contributed by atoms with Crippen LogP contribution in [0.2, 0.25) is 0 Å². The van der Waals surface area contributed by atoms with Gasteiger partial charge >= 0.3 is 0 Å². The van der Waals surface area contributed by atoms with Gasteiger partial charge in [0.15, 0.2) is 0 Å². The Balaban J connectivity index is 1.78. The Labute approximate surface area is 98.1 Å². The molecule has 1 saturated carbocycles. The second-order valence-corrected chi connectivity index (χ2v) is 5.65. The van der Waals surface area contributed by atoms with Gasteiger partial charge in [0, 0.05) is 12.5 Å².